The summed E-state index contributed by atoms with van der Waals surface area (Å²) >= 11 is 0. The Bertz CT molecular complexity index is 324. The molecule has 0 aromatic carbocycles. The Balaban J connectivity index is 2.48. The monoisotopic (exact) mass is 240 g/mol. The number of carbonyl (C=O) groups is 1. The van der Waals surface area contributed by atoms with Gasteiger partial charge in [-0.25, -0.2) is 4.98 Å². The minimum Gasteiger partial charge on any atom is -0.465 e. The molecule has 1 unspecified atom stereocenters. The molecule has 1 heterocycles. The minimum atomic E-state index is -0.292. The number of rotatable bonds is 7. The number of nitrogens with zero attached hydrogens (tertiary/aromatic N) is 3. The first-order valence-corrected chi connectivity index (χ1v) is 5.88. The topological polar surface area (TPSA) is 69.0 Å². The molecule has 0 amide bonds. The van der Waals surface area contributed by atoms with Crippen molar-refractivity contribution in [3.05, 3.63) is 12.7 Å². The van der Waals surface area contributed by atoms with Crippen LogP contribution in [0, 0.1) is 0 Å². The number of hydrogen-bond donors (Lipinski definition) is 1. The van der Waals surface area contributed by atoms with E-state index < -0.39 is 0 Å². The molecule has 17 heavy (non-hydrogen) atoms. The van der Waals surface area contributed by atoms with Crippen LogP contribution in [-0.4, -0.2) is 39.4 Å². The third kappa shape index (κ3) is 4.95. The van der Waals surface area contributed by atoms with E-state index in [1.807, 2.05) is 20.8 Å². The summed E-state index contributed by atoms with van der Waals surface area (Å²) in [5, 5.41) is 7.19. The van der Waals surface area contributed by atoms with Crippen LogP contribution in [-0.2, 0) is 16.1 Å². The zero-order valence-electron chi connectivity index (χ0n) is 10.6. The SMILES string of the molecule is CCOC(=O)C(CCn1cncn1)NC(C)C. The summed E-state index contributed by atoms with van der Waals surface area (Å²) in [6.45, 7) is 6.85. The first kappa shape index (κ1) is 13.6. The highest BCUT2D eigenvalue weighted by atomic mass is 16.5. The lowest BCUT2D eigenvalue weighted by molar-refractivity contribution is -0.146. The third-order valence-electron chi connectivity index (χ3n) is 2.22. The van der Waals surface area contributed by atoms with Gasteiger partial charge in [-0.15, -0.1) is 0 Å². The lowest BCUT2D eigenvalue weighted by atomic mass is 10.2. The number of aromatic nitrogens is 3. The van der Waals surface area contributed by atoms with Crippen molar-refractivity contribution in [3.8, 4) is 0 Å². The molecule has 96 valence electrons. The second-order valence-electron chi connectivity index (χ2n) is 4.07. The summed E-state index contributed by atoms with van der Waals surface area (Å²) in [6.07, 6.45) is 3.76. The van der Waals surface area contributed by atoms with Gasteiger partial charge in [0.05, 0.1) is 6.61 Å². The van der Waals surface area contributed by atoms with Gasteiger partial charge in [0.25, 0.3) is 0 Å². The molecular formula is C11H20N4O2. The van der Waals surface area contributed by atoms with Gasteiger partial charge in [-0.05, 0) is 13.3 Å². The molecule has 1 aromatic rings. The van der Waals surface area contributed by atoms with Gasteiger partial charge >= 0.3 is 5.97 Å². The maximum absolute atomic E-state index is 11.7. The molecule has 0 aliphatic rings. The Kier molecular flexibility index (Phi) is 5.62. The van der Waals surface area contributed by atoms with E-state index in [0.29, 0.717) is 19.6 Å². The van der Waals surface area contributed by atoms with Crippen LogP contribution in [0.15, 0.2) is 12.7 Å². The van der Waals surface area contributed by atoms with E-state index in [1.165, 1.54) is 6.33 Å². The van der Waals surface area contributed by atoms with E-state index in [9.17, 15) is 4.79 Å². The molecule has 1 atom stereocenters. The average Bonchev–Trinajstić information content (AvgIpc) is 2.76. The van der Waals surface area contributed by atoms with Crippen LogP contribution in [0.1, 0.15) is 27.2 Å². The lowest BCUT2D eigenvalue weighted by Gasteiger charge is -2.19. The van der Waals surface area contributed by atoms with Crippen LogP contribution in [0.3, 0.4) is 0 Å². The second-order valence-corrected chi connectivity index (χ2v) is 4.07. The Morgan fingerprint density at radius 3 is 2.82 bits per heavy atom. The summed E-state index contributed by atoms with van der Waals surface area (Å²) in [7, 11) is 0. The van der Waals surface area contributed by atoms with Crippen molar-refractivity contribution in [2.24, 2.45) is 0 Å². The number of esters is 1. The summed E-state index contributed by atoms with van der Waals surface area (Å²) in [6, 6.07) is -0.0562. The Hall–Kier alpha value is -1.43. The number of carbonyl (C=O) groups excluding carboxylic acids is 1. The van der Waals surface area contributed by atoms with Crippen molar-refractivity contribution in [2.45, 2.75) is 45.8 Å². The molecule has 6 heteroatoms. The molecule has 0 bridgehead atoms. The molecule has 0 spiro atoms. The highest BCUT2D eigenvalue weighted by Gasteiger charge is 2.20. The summed E-state index contributed by atoms with van der Waals surface area (Å²) in [5.74, 6) is -0.207. The standard InChI is InChI=1S/C11H20N4O2/c1-4-17-11(16)10(14-9(2)3)5-6-15-8-12-7-13-15/h7-10,14H,4-6H2,1-3H3. The molecular weight excluding hydrogens is 220 g/mol. The molecule has 6 nitrogen and oxygen atoms in total. The van der Waals surface area contributed by atoms with E-state index in [2.05, 4.69) is 15.4 Å². The normalized spacial score (nSPS) is 12.7. The van der Waals surface area contributed by atoms with Crippen LogP contribution in [0.2, 0.25) is 0 Å². The quantitative estimate of drug-likeness (QED) is 0.707. The second kappa shape index (κ2) is 7.01. The van der Waals surface area contributed by atoms with Crippen molar-refractivity contribution in [3.63, 3.8) is 0 Å². The van der Waals surface area contributed by atoms with Gasteiger partial charge in [-0.1, -0.05) is 13.8 Å². The Morgan fingerprint density at radius 1 is 1.53 bits per heavy atom. The van der Waals surface area contributed by atoms with E-state index in [0.717, 1.165) is 0 Å². The van der Waals surface area contributed by atoms with Gasteiger partial charge < -0.3 is 10.1 Å². The Labute approximate surface area is 101 Å². The number of nitrogens with one attached hydrogen (secondary N) is 1. The van der Waals surface area contributed by atoms with Crippen molar-refractivity contribution in [2.75, 3.05) is 6.61 Å². The van der Waals surface area contributed by atoms with Gasteiger partial charge in [0.2, 0.25) is 0 Å². The number of aryl methyl sites for hydroxylation is 1. The van der Waals surface area contributed by atoms with E-state index in [4.69, 9.17) is 4.74 Å². The van der Waals surface area contributed by atoms with Gasteiger partial charge in [0.1, 0.15) is 18.7 Å². The predicted octanol–water partition coefficient (Wildman–Crippen LogP) is 0.598. The third-order valence-corrected chi connectivity index (χ3v) is 2.22. The number of hydrogen-bond acceptors (Lipinski definition) is 5. The van der Waals surface area contributed by atoms with Crippen LogP contribution in [0.25, 0.3) is 0 Å². The average molecular weight is 240 g/mol. The molecule has 1 aromatic heterocycles. The highest BCUT2D eigenvalue weighted by molar-refractivity contribution is 5.75. The Morgan fingerprint density at radius 2 is 2.29 bits per heavy atom. The van der Waals surface area contributed by atoms with Crippen LogP contribution in [0.4, 0.5) is 0 Å². The summed E-state index contributed by atoms with van der Waals surface area (Å²) < 4.78 is 6.73. The molecule has 1 rings (SSSR count). The smallest absolute Gasteiger partial charge is 0.323 e. The van der Waals surface area contributed by atoms with Crippen LogP contribution < -0.4 is 5.32 Å². The molecule has 0 saturated carbocycles. The maximum Gasteiger partial charge on any atom is 0.323 e. The molecule has 0 fully saturated rings. The van der Waals surface area contributed by atoms with Gasteiger partial charge in [0.15, 0.2) is 0 Å². The molecule has 0 aliphatic heterocycles. The summed E-state index contributed by atoms with van der Waals surface area (Å²) in [5.41, 5.74) is 0. The first-order chi connectivity index (χ1) is 8.13. The van der Waals surface area contributed by atoms with Gasteiger partial charge in [-0.3, -0.25) is 9.48 Å². The fourth-order valence-electron chi connectivity index (χ4n) is 1.52. The van der Waals surface area contributed by atoms with Gasteiger partial charge in [-0.2, -0.15) is 5.10 Å². The van der Waals surface area contributed by atoms with Crippen LogP contribution >= 0.6 is 0 Å². The van der Waals surface area contributed by atoms with E-state index in [-0.39, 0.29) is 18.1 Å². The highest BCUT2D eigenvalue weighted by Crippen LogP contribution is 2.00. The lowest BCUT2D eigenvalue weighted by Crippen LogP contribution is -2.42. The first-order valence-electron chi connectivity index (χ1n) is 5.88. The summed E-state index contributed by atoms with van der Waals surface area (Å²) in [4.78, 5) is 15.6. The number of ether oxygens (including phenoxy) is 1. The molecule has 0 saturated heterocycles. The van der Waals surface area contributed by atoms with E-state index in [1.54, 1.807) is 11.0 Å². The van der Waals surface area contributed by atoms with Crippen molar-refractivity contribution >= 4 is 5.97 Å². The van der Waals surface area contributed by atoms with Crippen molar-refractivity contribution < 1.29 is 9.53 Å². The molecule has 0 radical (unpaired) electrons. The largest absolute Gasteiger partial charge is 0.465 e. The molecule has 1 N–H and O–H groups in total. The zero-order chi connectivity index (χ0) is 12.7. The fourth-order valence-corrected chi connectivity index (χ4v) is 1.52. The maximum atomic E-state index is 11.7. The van der Waals surface area contributed by atoms with Crippen molar-refractivity contribution in [1.82, 2.24) is 20.1 Å². The molecule has 0 aliphatic carbocycles. The zero-order valence-corrected chi connectivity index (χ0v) is 10.6. The van der Waals surface area contributed by atoms with Gasteiger partial charge in [0, 0.05) is 12.6 Å². The minimum absolute atomic E-state index is 0.207. The van der Waals surface area contributed by atoms with E-state index >= 15 is 0 Å². The van der Waals surface area contributed by atoms with Crippen molar-refractivity contribution in [1.29, 1.82) is 0 Å². The fraction of sp³-hybridized carbons (Fsp3) is 0.727. The van der Waals surface area contributed by atoms with Crippen LogP contribution in [0.5, 0.6) is 0 Å². The predicted molar refractivity (Wildman–Crippen MR) is 63.3 cm³/mol.